The van der Waals surface area contributed by atoms with Crippen molar-refractivity contribution in [3.05, 3.63) is 46.1 Å². The second-order valence-electron chi connectivity index (χ2n) is 3.74. The number of anilines is 3. The lowest BCUT2D eigenvalue weighted by molar-refractivity contribution is 0.100. The van der Waals surface area contributed by atoms with Gasteiger partial charge in [0.25, 0.3) is 5.91 Å². The van der Waals surface area contributed by atoms with Crippen molar-refractivity contribution in [1.29, 1.82) is 0 Å². The molecular weight excluding hydrogens is 287 g/mol. The number of carbonyl (C=O) groups is 1. The van der Waals surface area contributed by atoms with Crippen LogP contribution in [0.5, 0.6) is 0 Å². The molecule has 0 aliphatic rings. The quantitative estimate of drug-likeness (QED) is 0.812. The molecule has 1 amide bonds. The Bertz CT molecular complexity index is 625. The molecule has 1 aromatic carbocycles. The van der Waals surface area contributed by atoms with Crippen LogP contribution >= 0.6 is 23.2 Å². The number of nitrogen functional groups attached to an aromatic ring is 1. The topological polar surface area (TPSA) is 94.0 Å². The molecule has 5 nitrogen and oxygen atoms in total. The molecule has 0 saturated carbocycles. The van der Waals surface area contributed by atoms with Crippen molar-refractivity contribution >= 4 is 46.3 Å². The lowest BCUT2D eigenvalue weighted by Crippen LogP contribution is -2.14. The van der Waals surface area contributed by atoms with E-state index in [0.29, 0.717) is 21.6 Å². The summed E-state index contributed by atoms with van der Waals surface area (Å²) in [6.45, 7) is 0. The molecule has 0 aliphatic carbocycles. The van der Waals surface area contributed by atoms with Gasteiger partial charge in [-0.2, -0.15) is 0 Å². The minimum absolute atomic E-state index is 0.181. The Labute approximate surface area is 119 Å². The molecule has 0 unspecified atom stereocenters. The SMILES string of the molecule is NC(=O)c1cc(Nc2c(Cl)cccc2Cl)ncc1N. The lowest BCUT2D eigenvalue weighted by atomic mass is 10.2. The van der Waals surface area contributed by atoms with E-state index in [2.05, 4.69) is 10.3 Å². The summed E-state index contributed by atoms with van der Waals surface area (Å²) >= 11 is 12.0. The van der Waals surface area contributed by atoms with E-state index < -0.39 is 5.91 Å². The van der Waals surface area contributed by atoms with E-state index in [1.54, 1.807) is 18.2 Å². The Morgan fingerprint density at radius 2 is 1.89 bits per heavy atom. The van der Waals surface area contributed by atoms with Gasteiger partial charge in [-0.25, -0.2) is 4.98 Å². The summed E-state index contributed by atoms with van der Waals surface area (Å²) in [7, 11) is 0. The number of primary amides is 1. The molecule has 0 spiro atoms. The van der Waals surface area contributed by atoms with Gasteiger partial charge in [0.2, 0.25) is 0 Å². The Hall–Kier alpha value is -1.98. The fourth-order valence-corrected chi connectivity index (χ4v) is 1.98. The maximum atomic E-state index is 11.2. The molecule has 2 aromatic rings. The summed E-state index contributed by atoms with van der Waals surface area (Å²) in [4.78, 5) is 15.2. The van der Waals surface area contributed by atoms with Crippen LogP contribution in [0.3, 0.4) is 0 Å². The molecule has 0 radical (unpaired) electrons. The molecule has 5 N–H and O–H groups in total. The van der Waals surface area contributed by atoms with Gasteiger partial charge in [-0.1, -0.05) is 29.3 Å². The number of nitrogens with two attached hydrogens (primary N) is 2. The number of nitrogens with zero attached hydrogens (tertiary/aromatic N) is 1. The molecule has 0 saturated heterocycles. The Balaban J connectivity index is 2.39. The van der Waals surface area contributed by atoms with E-state index in [4.69, 9.17) is 34.7 Å². The number of benzene rings is 1. The second-order valence-corrected chi connectivity index (χ2v) is 4.56. The number of aromatic nitrogens is 1. The maximum absolute atomic E-state index is 11.2. The average molecular weight is 297 g/mol. The van der Waals surface area contributed by atoms with Gasteiger partial charge in [-0.15, -0.1) is 0 Å². The van der Waals surface area contributed by atoms with Crippen molar-refractivity contribution in [3.8, 4) is 0 Å². The number of rotatable bonds is 3. The highest BCUT2D eigenvalue weighted by molar-refractivity contribution is 6.39. The van der Waals surface area contributed by atoms with E-state index in [9.17, 15) is 4.79 Å². The summed E-state index contributed by atoms with van der Waals surface area (Å²) in [6.07, 6.45) is 1.34. The molecule has 0 fully saturated rings. The molecule has 0 atom stereocenters. The number of halogens is 2. The largest absolute Gasteiger partial charge is 0.397 e. The molecular formula is C12H10Cl2N4O. The van der Waals surface area contributed by atoms with Crippen LogP contribution in [-0.2, 0) is 0 Å². The van der Waals surface area contributed by atoms with Crippen molar-refractivity contribution in [2.24, 2.45) is 5.73 Å². The summed E-state index contributed by atoms with van der Waals surface area (Å²) in [5.74, 6) is -0.258. The molecule has 1 heterocycles. The molecule has 0 aliphatic heterocycles. The minimum Gasteiger partial charge on any atom is -0.397 e. The highest BCUT2D eigenvalue weighted by Gasteiger charge is 2.10. The lowest BCUT2D eigenvalue weighted by Gasteiger charge is -2.10. The number of para-hydroxylation sites is 1. The molecule has 7 heteroatoms. The van der Waals surface area contributed by atoms with E-state index in [1.165, 1.54) is 12.3 Å². The van der Waals surface area contributed by atoms with Crippen LogP contribution in [0.4, 0.5) is 17.2 Å². The molecule has 1 aromatic heterocycles. The first kappa shape index (κ1) is 13.5. The average Bonchev–Trinajstić information content (AvgIpc) is 2.35. The predicted molar refractivity (Wildman–Crippen MR) is 76.9 cm³/mol. The zero-order valence-corrected chi connectivity index (χ0v) is 11.2. The van der Waals surface area contributed by atoms with E-state index in [-0.39, 0.29) is 11.3 Å². The van der Waals surface area contributed by atoms with Gasteiger partial charge < -0.3 is 16.8 Å². The maximum Gasteiger partial charge on any atom is 0.250 e. The van der Waals surface area contributed by atoms with Gasteiger partial charge >= 0.3 is 0 Å². The van der Waals surface area contributed by atoms with E-state index in [0.717, 1.165) is 0 Å². The van der Waals surface area contributed by atoms with Crippen LogP contribution in [0.15, 0.2) is 30.5 Å². The van der Waals surface area contributed by atoms with Crippen molar-refractivity contribution in [2.75, 3.05) is 11.1 Å². The first-order valence-corrected chi connectivity index (χ1v) is 6.01. The van der Waals surface area contributed by atoms with Crippen LogP contribution in [0.2, 0.25) is 10.0 Å². The minimum atomic E-state index is -0.631. The molecule has 19 heavy (non-hydrogen) atoms. The predicted octanol–water partition coefficient (Wildman–Crippen LogP) is 2.81. The van der Waals surface area contributed by atoms with Gasteiger partial charge in [-0.3, -0.25) is 4.79 Å². The first-order valence-electron chi connectivity index (χ1n) is 5.25. The third kappa shape index (κ3) is 2.89. The van der Waals surface area contributed by atoms with Crippen LogP contribution in [0, 0.1) is 0 Å². The normalized spacial score (nSPS) is 10.2. The fraction of sp³-hybridized carbons (Fsp3) is 0. The Kier molecular flexibility index (Phi) is 3.78. The zero-order valence-electron chi connectivity index (χ0n) is 9.65. The molecule has 0 bridgehead atoms. The highest BCUT2D eigenvalue weighted by Crippen LogP contribution is 2.32. The number of nitrogens with one attached hydrogen (secondary N) is 1. The van der Waals surface area contributed by atoms with Crippen LogP contribution in [-0.4, -0.2) is 10.9 Å². The summed E-state index contributed by atoms with van der Waals surface area (Å²) in [5.41, 5.74) is 11.7. The molecule has 98 valence electrons. The van der Waals surface area contributed by atoms with Gasteiger partial charge in [0.1, 0.15) is 5.82 Å². The number of pyridine rings is 1. The Morgan fingerprint density at radius 1 is 1.26 bits per heavy atom. The highest BCUT2D eigenvalue weighted by atomic mass is 35.5. The van der Waals surface area contributed by atoms with Gasteiger partial charge in [0.15, 0.2) is 0 Å². The second kappa shape index (κ2) is 5.34. The number of hydrogen-bond donors (Lipinski definition) is 3. The van der Waals surface area contributed by atoms with E-state index >= 15 is 0 Å². The summed E-state index contributed by atoms with van der Waals surface area (Å²) < 4.78 is 0. The standard InChI is InChI=1S/C12H10Cl2N4O/c13-7-2-1-3-8(14)11(7)18-10-4-6(12(16)19)9(15)5-17-10/h1-5H,15H2,(H2,16,19)(H,17,18). The van der Waals surface area contributed by atoms with Crippen molar-refractivity contribution in [3.63, 3.8) is 0 Å². The number of hydrogen-bond acceptors (Lipinski definition) is 4. The van der Waals surface area contributed by atoms with Crippen LogP contribution < -0.4 is 16.8 Å². The van der Waals surface area contributed by atoms with Crippen LogP contribution in [0.1, 0.15) is 10.4 Å². The third-order valence-corrected chi connectivity index (χ3v) is 3.05. The number of carbonyl (C=O) groups excluding carboxylic acids is 1. The van der Waals surface area contributed by atoms with Crippen molar-refractivity contribution in [2.45, 2.75) is 0 Å². The zero-order chi connectivity index (χ0) is 14.0. The van der Waals surface area contributed by atoms with E-state index in [1.807, 2.05) is 0 Å². The monoisotopic (exact) mass is 296 g/mol. The third-order valence-electron chi connectivity index (χ3n) is 2.42. The summed E-state index contributed by atoms with van der Waals surface area (Å²) in [5, 5.41) is 3.80. The Morgan fingerprint density at radius 3 is 2.47 bits per heavy atom. The first-order chi connectivity index (χ1) is 8.99. The number of amides is 1. The molecule has 2 rings (SSSR count). The van der Waals surface area contributed by atoms with Crippen LogP contribution in [0.25, 0.3) is 0 Å². The summed E-state index contributed by atoms with van der Waals surface area (Å²) in [6, 6.07) is 6.53. The van der Waals surface area contributed by atoms with Gasteiger partial charge in [0, 0.05) is 0 Å². The van der Waals surface area contributed by atoms with Crippen molar-refractivity contribution < 1.29 is 4.79 Å². The van der Waals surface area contributed by atoms with Gasteiger partial charge in [0.05, 0.1) is 33.2 Å². The smallest absolute Gasteiger partial charge is 0.250 e. The van der Waals surface area contributed by atoms with Gasteiger partial charge in [-0.05, 0) is 18.2 Å². The fourth-order valence-electron chi connectivity index (χ4n) is 1.49. The van der Waals surface area contributed by atoms with Crippen molar-refractivity contribution in [1.82, 2.24) is 4.98 Å².